The van der Waals surface area contributed by atoms with Crippen molar-refractivity contribution in [2.75, 3.05) is 14.1 Å². The van der Waals surface area contributed by atoms with Crippen LogP contribution in [0.2, 0.25) is 0 Å². The molecule has 1 rings (SSSR count). The molecule has 1 aromatic carbocycles. The van der Waals surface area contributed by atoms with Gasteiger partial charge in [0.15, 0.2) is 0 Å². The normalized spacial score (nSPS) is 10.5. The van der Waals surface area contributed by atoms with Crippen LogP contribution in [-0.2, 0) is 10.1 Å². The van der Waals surface area contributed by atoms with Gasteiger partial charge in [0.1, 0.15) is 10.1 Å². The minimum atomic E-state index is -4.97. The van der Waals surface area contributed by atoms with Gasteiger partial charge in [-0.25, -0.2) is 8.42 Å². The molecule has 0 radical (unpaired) electrons. The number of benzene rings is 1. The summed E-state index contributed by atoms with van der Waals surface area (Å²) in [4.78, 5) is 21.5. The predicted octanol–water partition coefficient (Wildman–Crippen LogP) is -2.80. The van der Waals surface area contributed by atoms with Crippen LogP contribution >= 0.6 is 0 Å². The zero-order valence-electron chi connectivity index (χ0n) is 10.5. The maximum Gasteiger partial charge on any atom is 1.00 e. The van der Waals surface area contributed by atoms with Crippen LogP contribution in [0.3, 0.4) is 0 Å². The Morgan fingerprint density at radius 1 is 1.32 bits per heavy atom. The topological polar surface area (TPSA) is 121 Å². The minimum Gasteiger partial charge on any atom is -0.744 e. The molecule has 0 N–H and O–H groups in total. The molecular formula is C9H9N2NaO6S. The predicted molar refractivity (Wildman–Crippen MR) is 59.1 cm³/mol. The van der Waals surface area contributed by atoms with Crippen molar-refractivity contribution in [3.63, 3.8) is 0 Å². The molecule has 0 heterocycles. The molecule has 0 spiro atoms. The standard InChI is InChI=1S/C9H10N2O6S.Na/c1-10(2)9(12)7-4-3-6(11(13)14)5-8(7)18(15,16)17;/h3-5H,1-2H3,(H,15,16,17);/q;+1/p-1. The van der Waals surface area contributed by atoms with Gasteiger partial charge in [0.05, 0.1) is 15.4 Å². The van der Waals surface area contributed by atoms with Gasteiger partial charge in [-0.2, -0.15) is 0 Å². The number of nitro groups is 1. The van der Waals surface area contributed by atoms with E-state index in [9.17, 15) is 27.9 Å². The number of hydrogen-bond donors (Lipinski definition) is 0. The molecule has 0 saturated heterocycles. The number of nitro benzene ring substituents is 1. The molecule has 1 aromatic rings. The molecule has 0 aliphatic carbocycles. The van der Waals surface area contributed by atoms with E-state index in [0.29, 0.717) is 6.07 Å². The molecule has 0 atom stereocenters. The van der Waals surface area contributed by atoms with Crippen molar-refractivity contribution in [3.8, 4) is 0 Å². The van der Waals surface area contributed by atoms with Crippen molar-refractivity contribution >= 4 is 21.7 Å². The van der Waals surface area contributed by atoms with E-state index >= 15 is 0 Å². The monoisotopic (exact) mass is 296 g/mol. The van der Waals surface area contributed by atoms with E-state index in [1.54, 1.807) is 0 Å². The Morgan fingerprint density at radius 2 is 1.84 bits per heavy atom. The van der Waals surface area contributed by atoms with Crippen LogP contribution in [0.5, 0.6) is 0 Å². The van der Waals surface area contributed by atoms with Gasteiger partial charge in [0, 0.05) is 26.2 Å². The van der Waals surface area contributed by atoms with Crippen molar-refractivity contribution < 1.29 is 52.2 Å². The smallest absolute Gasteiger partial charge is 0.744 e. The second kappa shape index (κ2) is 6.44. The molecule has 0 saturated carbocycles. The quantitative estimate of drug-likeness (QED) is 0.257. The summed E-state index contributed by atoms with van der Waals surface area (Å²) in [5.41, 5.74) is -0.958. The second-order valence-electron chi connectivity index (χ2n) is 3.59. The van der Waals surface area contributed by atoms with Gasteiger partial charge in [-0.3, -0.25) is 14.9 Å². The molecule has 10 heteroatoms. The second-order valence-corrected chi connectivity index (χ2v) is 4.94. The molecule has 0 bridgehead atoms. The summed E-state index contributed by atoms with van der Waals surface area (Å²) in [7, 11) is -2.24. The van der Waals surface area contributed by atoms with Gasteiger partial charge >= 0.3 is 29.6 Å². The Morgan fingerprint density at radius 3 is 2.21 bits per heavy atom. The van der Waals surface area contributed by atoms with Gasteiger partial charge in [-0.05, 0) is 6.07 Å². The molecule has 0 unspecified atom stereocenters. The largest absolute Gasteiger partial charge is 1.00 e. The number of carbonyl (C=O) groups is 1. The molecular weight excluding hydrogens is 287 g/mol. The zero-order chi connectivity index (χ0) is 14.1. The van der Waals surface area contributed by atoms with Crippen LogP contribution in [-0.4, -0.2) is 42.8 Å². The number of non-ortho nitro benzene ring substituents is 1. The van der Waals surface area contributed by atoms with Crippen LogP contribution in [0.25, 0.3) is 0 Å². The van der Waals surface area contributed by atoms with Crippen molar-refractivity contribution in [2.24, 2.45) is 0 Å². The number of carbonyl (C=O) groups excluding carboxylic acids is 1. The van der Waals surface area contributed by atoms with Gasteiger partial charge < -0.3 is 9.45 Å². The number of nitrogens with zero attached hydrogens (tertiary/aromatic N) is 2. The fraction of sp³-hybridized carbons (Fsp3) is 0.222. The van der Waals surface area contributed by atoms with Crippen LogP contribution in [0, 0.1) is 10.1 Å². The van der Waals surface area contributed by atoms with Crippen LogP contribution in [0.1, 0.15) is 10.4 Å². The van der Waals surface area contributed by atoms with E-state index in [1.165, 1.54) is 14.1 Å². The van der Waals surface area contributed by atoms with E-state index in [2.05, 4.69) is 0 Å². The number of rotatable bonds is 3. The van der Waals surface area contributed by atoms with Crippen LogP contribution < -0.4 is 29.6 Å². The summed E-state index contributed by atoms with van der Waals surface area (Å²) in [6.45, 7) is 0. The zero-order valence-corrected chi connectivity index (χ0v) is 13.3. The number of hydrogen-bond acceptors (Lipinski definition) is 6. The first-order valence-corrected chi connectivity index (χ1v) is 6.01. The summed E-state index contributed by atoms with van der Waals surface area (Å²) >= 11 is 0. The van der Waals surface area contributed by atoms with Gasteiger partial charge in [-0.15, -0.1) is 0 Å². The van der Waals surface area contributed by atoms with Crippen molar-refractivity contribution in [1.29, 1.82) is 0 Å². The first kappa shape index (κ1) is 18.0. The SMILES string of the molecule is CN(C)C(=O)c1ccc([N+](=O)[O-])cc1S(=O)(=O)[O-].[Na+]. The van der Waals surface area contributed by atoms with Gasteiger partial charge in [0.25, 0.3) is 11.6 Å². The maximum atomic E-state index is 11.6. The average molecular weight is 296 g/mol. The van der Waals surface area contributed by atoms with E-state index in [4.69, 9.17) is 0 Å². The molecule has 1 amide bonds. The van der Waals surface area contributed by atoms with Crippen LogP contribution in [0.15, 0.2) is 23.1 Å². The van der Waals surface area contributed by atoms with Gasteiger partial charge in [-0.1, -0.05) is 0 Å². The van der Waals surface area contributed by atoms with E-state index in [1.807, 2.05) is 0 Å². The molecule has 19 heavy (non-hydrogen) atoms. The molecule has 0 aliphatic heterocycles. The molecule has 0 aliphatic rings. The van der Waals surface area contributed by atoms with Crippen LogP contribution in [0.4, 0.5) is 5.69 Å². The summed E-state index contributed by atoms with van der Waals surface area (Å²) in [5, 5.41) is 10.5. The van der Waals surface area contributed by atoms with Gasteiger partial charge in [0.2, 0.25) is 0 Å². The summed E-state index contributed by atoms with van der Waals surface area (Å²) in [6, 6.07) is 2.50. The third kappa shape index (κ3) is 4.25. The Balaban J connectivity index is 0.00000324. The first-order chi connectivity index (χ1) is 8.14. The van der Waals surface area contributed by atoms with E-state index in [-0.39, 0.29) is 35.1 Å². The fourth-order valence-corrected chi connectivity index (χ4v) is 1.94. The summed E-state index contributed by atoms with van der Waals surface area (Å²) in [5.74, 6) is -0.723. The Labute approximate surface area is 131 Å². The summed E-state index contributed by atoms with van der Waals surface area (Å²) in [6.07, 6.45) is 0. The molecule has 8 nitrogen and oxygen atoms in total. The Kier molecular flexibility index (Phi) is 6.10. The van der Waals surface area contributed by atoms with E-state index < -0.39 is 31.5 Å². The molecule has 0 fully saturated rings. The summed E-state index contributed by atoms with van der Waals surface area (Å²) < 4.78 is 33.0. The van der Waals surface area contributed by atoms with E-state index in [0.717, 1.165) is 17.0 Å². The third-order valence-corrected chi connectivity index (χ3v) is 2.96. The first-order valence-electron chi connectivity index (χ1n) is 4.60. The number of amides is 1. The average Bonchev–Trinajstić information content (AvgIpc) is 2.25. The van der Waals surface area contributed by atoms with Crippen molar-refractivity contribution in [3.05, 3.63) is 33.9 Å². The molecule has 98 valence electrons. The molecule has 0 aromatic heterocycles. The van der Waals surface area contributed by atoms with Crippen molar-refractivity contribution in [1.82, 2.24) is 4.90 Å². The van der Waals surface area contributed by atoms with Crippen molar-refractivity contribution in [2.45, 2.75) is 4.90 Å². The third-order valence-electron chi connectivity index (χ3n) is 2.08. The maximum absolute atomic E-state index is 11.6. The fourth-order valence-electron chi connectivity index (χ4n) is 1.25. The minimum absolute atomic E-state index is 0. The Hall–Kier alpha value is -1.000. The Bertz CT molecular complexity index is 613.